The largest absolute Gasteiger partial charge is 0.481 e. The molecule has 0 aliphatic carbocycles. The third-order valence-electron chi connectivity index (χ3n) is 3.10. The molecule has 20 heavy (non-hydrogen) atoms. The average molecular weight is 292 g/mol. The van der Waals surface area contributed by atoms with Gasteiger partial charge in [0.2, 0.25) is 5.88 Å². The van der Waals surface area contributed by atoms with Crippen LogP contribution in [0.4, 0.5) is 0 Å². The Labute approximate surface area is 123 Å². The zero-order chi connectivity index (χ0) is 14.4. The van der Waals surface area contributed by atoms with Gasteiger partial charge in [0.15, 0.2) is 0 Å². The molecule has 5 heteroatoms. The molecule has 2 rings (SSSR count). The molecule has 1 heterocycles. The quantitative estimate of drug-likeness (QED) is 0.634. The van der Waals surface area contributed by atoms with Crippen LogP contribution >= 0.6 is 11.6 Å². The minimum Gasteiger partial charge on any atom is -0.481 e. The van der Waals surface area contributed by atoms with E-state index in [-0.39, 0.29) is 6.04 Å². The maximum absolute atomic E-state index is 5.99. The molecular weight excluding hydrogens is 274 g/mol. The van der Waals surface area contributed by atoms with Gasteiger partial charge < -0.3 is 4.74 Å². The third kappa shape index (κ3) is 4.20. The first-order chi connectivity index (χ1) is 9.71. The Morgan fingerprint density at radius 1 is 1.25 bits per heavy atom. The Balaban J connectivity index is 2.01. The van der Waals surface area contributed by atoms with Crippen LogP contribution in [0, 0.1) is 0 Å². The van der Waals surface area contributed by atoms with Crippen molar-refractivity contribution in [1.82, 2.24) is 10.4 Å². The summed E-state index contributed by atoms with van der Waals surface area (Å²) in [5, 5.41) is 0.740. The van der Waals surface area contributed by atoms with Gasteiger partial charge in [0.05, 0.1) is 7.11 Å². The molecule has 0 radical (unpaired) electrons. The first-order valence-electron chi connectivity index (χ1n) is 6.40. The minimum atomic E-state index is 0.128. The van der Waals surface area contributed by atoms with Crippen LogP contribution in [0.5, 0.6) is 5.88 Å². The summed E-state index contributed by atoms with van der Waals surface area (Å²) < 4.78 is 5.04. The Hall–Kier alpha value is -1.62. The van der Waals surface area contributed by atoms with Crippen LogP contribution in [0.1, 0.15) is 11.1 Å². The lowest BCUT2D eigenvalue weighted by Crippen LogP contribution is -2.38. The molecule has 1 unspecified atom stereocenters. The van der Waals surface area contributed by atoms with Crippen molar-refractivity contribution < 1.29 is 4.74 Å². The fourth-order valence-electron chi connectivity index (χ4n) is 2.08. The number of ether oxygens (including phenoxy) is 1. The maximum Gasteiger partial charge on any atom is 0.212 e. The summed E-state index contributed by atoms with van der Waals surface area (Å²) in [6.07, 6.45) is 3.41. The molecule has 0 amide bonds. The summed E-state index contributed by atoms with van der Waals surface area (Å²) in [6.45, 7) is 0. The number of nitrogens with zero attached hydrogens (tertiary/aromatic N) is 1. The van der Waals surface area contributed by atoms with Crippen molar-refractivity contribution in [3.8, 4) is 5.88 Å². The Morgan fingerprint density at radius 2 is 2.05 bits per heavy atom. The number of hydrazine groups is 1. The molecule has 1 atom stereocenters. The molecule has 0 spiro atoms. The normalized spacial score (nSPS) is 12.2. The predicted molar refractivity (Wildman–Crippen MR) is 80.8 cm³/mol. The SMILES string of the molecule is COc1ccc(CC(Cc2cccc(Cl)c2)NN)cn1. The van der Waals surface area contributed by atoms with E-state index in [1.54, 1.807) is 13.3 Å². The summed E-state index contributed by atoms with van der Waals surface area (Å²) in [5.74, 6) is 6.25. The van der Waals surface area contributed by atoms with E-state index in [1.807, 2.05) is 36.4 Å². The molecule has 3 N–H and O–H groups in total. The van der Waals surface area contributed by atoms with E-state index in [9.17, 15) is 0 Å². The maximum atomic E-state index is 5.99. The van der Waals surface area contributed by atoms with E-state index in [1.165, 1.54) is 0 Å². The number of pyridine rings is 1. The lowest BCUT2D eigenvalue weighted by molar-refractivity contribution is 0.397. The number of hydrogen-bond donors (Lipinski definition) is 2. The Kier molecular flexibility index (Phi) is 5.35. The highest BCUT2D eigenvalue weighted by atomic mass is 35.5. The molecule has 2 aromatic rings. The van der Waals surface area contributed by atoms with E-state index in [0.29, 0.717) is 5.88 Å². The van der Waals surface area contributed by atoms with Crippen molar-refractivity contribution in [3.05, 3.63) is 58.7 Å². The number of rotatable bonds is 6. The molecule has 4 nitrogen and oxygen atoms in total. The average Bonchev–Trinajstić information content (AvgIpc) is 2.47. The summed E-state index contributed by atoms with van der Waals surface area (Å²) in [5.41, 5.74) is 5.11. The molecule has 0 aliphatic heterocycles. The number of aromatic nitrogens is 1. The molecule has 1 aromatic carbocycles. The fraction of sp³-hybridized carbons (Fsp3) is 0.267. The third-order valence-corrected chi connectivity index (χ3v) is 3.33. The highest BCUT2D eigenvalue weighted by Gasteiger charge is 2.09. The zero-order valence-corrected chi connectivity index (χ0v) is 12.1. The first kappa shape index (κ1) is 14.8. The summed E-state index contributed by atoms with van der Waals surface area (Å²) in [7, 11) is 1.60. The number of hydrogen-bond acceptors (Lipinski definition) is 4. The summed E-state index contributed by atoms with van der Waals surface area (Å²) in [4.78, 5) is 4.19. The number of benzene rings is 1. The topological polar surface area (TPSA) is 60.2 Å². The van der Waals surface area contributed by atoms with Crippen LogP contribution < -0.4 is 16.0 Å². The van der Waals surface area contributed by atoms with Gasteiger partial charge >= 0.3 is 0 Å². The second-order valence-corrected chi connectivity index (χ2v) is 5.05. The van der Waals surface area contributed by atoms with Gasteiger partial charge in [0, 0.05) is 23.3 Å². The molecule has 106 valence electrons. The lowest BCUT2D eigenvalue weighted by atomic mass is 10.0. The van der Waals surface area contributed by atoms with Gasteiger partial charge in [0.1, 0.15) is 0 Å². The van der Waals surface area contributed by atoms with E-state index < -0.39 is 0 Å². The zero-order valence-electron chi connectivity index (χ0n) is 11.3. The van der Waals surface area contributed by atoms with Crippen molar-refractivity contribution in [2.75, 3.05) is 7.11 Å². The van der Waals surface area contributed by atoms with Gasteiger partial charge in [0.25, 0.3) is 0 Å². The predicted octanol–water partition coefficient (Wildman–Crippen LogP) is 2.36. The molecule has 1 aromatic heterocycles. The van der Waals surface area contributed by atoms with Crippen LogP contribution in [-0.4, -0.2) is 18.1 Å². The number of nitrogens with two attached hydrogens (primary N) is 1. The molecule has 0 bridgehead atoms. The molecule has 0 saturated heterocycles. The van der Waals surface area contributed by atoms with Crippen molar-refractivity contribution in [2.24, 2.45) is 5.84 Å². The Bertz CT molecular complexity index is 545. The van der Waals surface area contributed by atoms with Gasteiger partial charge in [-0.25, -0.2) is 4.98 Å². The molecule has 0 aliphatic rings. The minimum absolute atomic E-state index is 0.128. The second-order valence-electron chi connectivity index (χ2n) is 4.61. The van der Waals surface area contributed by atoms with Crippen molar-refractivity contribution >= 4 is 11.6 Å². The van der Waals surface area contributed by atoms with E-state index in [4.69, 9.17) is 22.2 Å². The van der Waals surface area contributed by atoms with Crippen molar-refractivity contribution in [2.45, 2.75) is 18.9 Å². The van der Waals surface area contributed by atoms with Crippen molar-refractivity contribution in [1.29, 1.82) is 0 Å². The smallest absolute Gasteiger partial charge is 0.212 e. The standard InChI is InChI=1S/C15H18ClN3O/c1-20-15-6-5-12(10-18-15)9-14(19-17)8-11-3-2-4-13(16)7-11/h2-7,10,14,19H,8-9,17H2,1H3. The van der Waals surface area contributed by atoms with Crippen LogP contribution in [0.25, 0.3) is 0 Å². The first-order valence-corrected chi connectivity index (χ1v) is 6.78. The highest BCUT2D eigenvalue weighted by molar-refractivity contribution is 6.30. The van der Waals surface area contributed by atoms with Gasteiger partial charge in [-0.05, 0) is 36.1 Å². The number of halogens is 1. The lowest BCUT2D eigenvalue weighted by Gasteiger charge is -2.16. The summed E-state index contributed by atoms with van der Waals surface area (Å²) in [6, 6.07) is 11.8. The highest BCUT2D eigenvalue weighted by Crippen LogP contribution is 2.14. The second kappa shape index (κ2) is 7.24. The van der Waals surface area contributed by atoms with E-state index in [2.05, 4.69) is 10.4 Å². The van der Waals surface area contributed by atoms with Crippen LogP contribution in [0.2, 0.25) is 5.02 Å². The van der Waals surface area contributed by atoms with Crippen LogP contribution in [0.3, 0.4) is 0 Å². The number of nitrogens with one attached hydrogen (secondary N) is 1. The van der Waals surface area contributed by atoms with Gasteiger partial charge in [-0.15, -0.1) is 0 Å². The van der Waals surface area contributed by atoms with Crippen molar-refractivity contribution in [3.63, 3.8) is 0 Å². The van der Waals surface area contributed by atoms with Crippen LogP contribution in [0.15, 0.2) is 42.6 Å². The van der Waals surface area contributed by atoms with Gasteiger partial charge in [-0.1, -0.05) is 29.8 Å². The summed E-state index contributed by atoms with van der Waals surface area (Å²) >= 11 is 5.99. The monoisotopic (exact) mass is 291 g/mol. The van der Waals surface area contributed by atoms with E-state index >= 15 is 0 Å². The van der Waals surface area contributed by atoms with Crippen LogP contribution in [-0.2, 0) is 12.8 Å². The van der Waals surface area contributed by atoms with Gasteiger partial charge in [-0.3, -0.25) is 11.3 Å². The fourth-order valence-corrected chi connectivity index (χ4v) is 2.29. The van der Waals surface area contributed by atoms with E-state index in [0.717, 1.165) is 29.0 Å². The Morgan fingerprint density at radius 3 is 2.65 bits per heavy atom. The molecular formula is C15H18ClN3O. The van der Waals surface area contributed by atoms with Gasteiger partial charge in [-0.2, -0.15) is 0 Å². The molecule has 0 saturated carbocycles. The number of methoxy groups -OCH3 is 1. The molecule has 0 fully saturated rings.